The smallest absolute Gasteiger partial charge is 0.321 e. The van der Waals surface area contributed by atoms with Crippen LogP contribution in [0.4, 0.5) is 6.01 Å². The molecule has 1 saturated heterocycles. The number of hydrogen-bond acceptors (Lipinski definition) is 5. The van der Waals surface area contributed by atoms with Gasteiger partial charge in [0.15, 0.2) is 5.82 Å². The van der Waals surface area contributed by atoms with Gasteiger partial charge in [-0.1, -0.05) is 31.8 Å². The van der Waals surface area contributed by atoms with Gasteiger partial charge in [-0.2, -0.15) is 4.98 Å². The summed E-state index contributed by atoms with van der Waals surface area (Å²) in [6, 6.07) is 1.86. The summed E-state index contributed by atoms with van der Waals surface area (Å²) < 4.78 is 5.26. The molecule has 5 nitrogen and oxygen atoms in total. The zero-order chi connectivity index (χ0) is 13.2. The second-order valence-corrected chi connectivity index (χ2v) is 6.18. The van der Waals surface area contributed by atoms with E-state index in [-0.39, 0.29) is 0 Å². The molecule has 0 radical (unpaired) electrons. The summed E-state index contributed by atoms with van der Waals surface area (Å²) >= 11 is 0. The Balaban J connectivity index is 1.53. The van der Waals surface area contributed by atoms with Crippen molar-refractivity contribution < 1.29 is 4.52 Å². The second kappa shape index (κ2) is 5.49. The fraction of sp³-hybridized carbons (Fsp3) is 0.857. The molecule has 0 spiro atoms. The van der Waals surface area contributed by atoms with Gasteiger partial charge in [0.1, 0.15) is 0 Å². The number of aromatic nitrogens is 2. The van der Waals surface area contributed by atoms with Crippen LogP contribution in [0, 0.1) is 0 Å². The van der Waals surface area contributed by atoms with Crippen molar-refractivity contribution in [2.45, 2.75) is 64.0 Å². The number of anilines is 1. The fourth-order valence-electron chi connectivity index (χ4n) is 3.21. The monoisotopic (exact) mass is 264 g/mol. The van der Waals surface area contributed by atoms with E-state index in [1.807, 2.05) is 0 Å². The van der Waals surface area contributed by atoms with Crippen LogP contribution in [0.1, 0.15) is 57.7 Å². The van der Waals surface area contributed by atoms with Crippen molar-refractivity contribution in [2.24, 2.45) is 0 Å². The quantitative estimate of drug-likeness (QED) is 0.906. The maximum absolute atomic E-state index is 5.26. The third-order valence-electron chi connectivity index (χ3n) is 4.35. The summed E-state index contributed by atoms with van der Waals surface area (Å²) in [5.74, 6) is 1.10. The molecular formula is C14H24N4O. The molecule has 1 aliphatic carbocycles. The van der Waals surface area contributed by atoms with Crippen LogP contribution in [0.2, 0.25) is 0 Å². The Hall–Kier alpha value is -1.10. The molecule has 1 unspecified atom stereocenters. The molecule has 0 bridgehead atoms. The first-order valence-corrected chi connectivity index (χ1v) is 7.56. The summed E-state index contributed by atoms with van der Waals surface area (Å²) in [5.41, 5.74) is 0. The highest BCUT2D eigenvalue weighted by molar-refractivity contribution is 5.22. The molecule has 0 aromatic carbocycles. The molecule has 0 amide bonds. The van der Waals surface area contributed by atoms with Crippen molar-refractivity contribution >= 4 is 6.01 Å². The Bertz CT molecular complexity index is 411. The van der Waals surface area contributed by atoms with Crippen LogP contribution >= 0.6 is 0 Å². The molecule has 1 aromatic heterocycles. The van der Waals surface area contributed by atoms with Gasteiger partial charge in [-0.05, 0) is 19.3 Å². The van der Waals surface area contributed by atoms with E-state index in [4.69, 9.17) is 4.52 Å². The summed E-state index contributed by atoms with van der Waals surface area (Å²) in [4.78, 5) is 7.02. The molecule has 1 N–H and O–H groups in total. The van der Waals surface area contributed by atoms with Crippen LogP contribution in [0.5, 0.6) is 0 Å². The van der Waals surface area contributed by atoms with E-state index in [1.165, 1.54) is 38.6 Å². The highest BCUT2D eigenvalue weighted by Crippen LogP contribution is 2.27. The van der Waals surface area contributed by atoms with Gasteiger partial charge in [0.25, 0.3) is 0 Å². The van der Waals surface area contributed by atoms with Gasteiger partial charge >= 0.3 is 6.01 Å². The minimum absolute atomic E-state index is 0.317. The minimum atomic E-state index is 0.317. The summed E-state index contributed by atoms with van der Waals surface area (Å²) in [6.45, 7) is 6.47. The number of nitrogens with zero attached hydrogens (tertiary/aromatic N) is 3. The molecule has 1 atom stereocenters. The van der Waals surface area contributed by atoms with Crippen LogP contribution in [0.15, 0.2) is 4.52 Å². The van der Waals surface area contributed by atoms with Crippen LogP contribution < -0.4 is 5.32 Å². The van der Waals surface area contributed by atoms with Crippen molar-refractivity contribution in [2.75, 3.05) is 18.4 Å². The number of nitrogens with one attached hydrogen (secondary N) is 1. The van der Waals surface area contributed by atoms with Gasteiger partial charge in [0.05, 0.1) is 0 Å². The van der Waals surface area contributed by atoms with Gasteiger partial charge in [-0.15, -0.1) is 0 Å². The lowest BCUT2D eigenvalue weighted by atomic mass is 10.2. The SMILES string of the molecule is CC(C)c1noc(NC2CCN(C3CCCC3)C2)n1. The van der Waals surface area contributed by atoms with E-state index in [1.54, 1.807) is 0 Å². The Morgan fingerprint density at radius 1 is 1.26 bits per heavy atom. The predicted molar refractivity (Wildman–Crippen MR) is 74.2 cm³/mol. The van der Waals surface area contributed by atoms with E-state index < -0.39 is 0 Å². The second-order valence-electron chi connectivity index (χ2n) is 6.18. The number of hydrogen-bond donors (Lipinski definition) is 1. The Kier molecular flexibility index (Phi) is 3.73. The van der Waals surface area contributed by atoms with Gasteiger partial charge in [-0.25, -0.2) is 0 Å². The lowest BCUT2D eigenvalue weighted by Gasteiger charge is -2.23. The zero-order valence-electron chi connectivity index (χ0n) is 11.9. The molecule has 19 heavy (non-hydrogen) atoms. The van der Waals surface area contributed by atoms with Crippen LogP contribution in [-0.4, -0.2) is 40.2 Å². The van der Waals surface area contributed by atoms with Gasteiger partial charge in [0.2, 0.25) is 0 Å². The molecule has 3 rings (SSSR count). The third-order valence-corrected chi connectivity index (χ3v) is 4.35. The molecule has 2 fully saturated rings. The third kappa shape index (κ3) is 2.91. The van der Waals surface area contributed by atoms with E-state index in [2.05, 4.69) is 34.2 Å². The predicted octanol–water partition coefficient (Wildman–Crippen LogP) is 2.62. The van der Waals surface area contributed by atoms with Crippen molar-refractivity contribution in [1.82, 2.24) is 15.0 Å². The van der Waals surface area contributed by atoms with Crippen LogP contribution in [0.25, 0.3) is 0 Å². The Labute approximate surface area is 114 Å². The first-order chi connectivity index (χ1) is 9.22. The maximum atomic E-state index is 5.26. The van der Waals surface area contributed by atoms with Crippen molar-refractivity contribution in [3.05, 3.63) is 5.82 Å². The lowest BCUT2D eigenvalue weighted by Crippen LogP contribution is -2.33. The fourth-order valence-corrected chi connectivity index (χ4v) is 3.21. The first-order valence-electron chi connectivity index (χ1n) is 7.56. The average molecular weight is 264 g/mol. The van der Waals surface area contributed by atoms with Crippen molar-refractivity contribution in [3.8, 4) is 0 Å². The molecule has 2 aliphatic rings. The minimum Gasteiger partial charge on any atom is -0.334 e. The van der Waals surface area contributed by atoms with E-state index in [0.717, 1.165) is 18.4 Å². The Morgan fingerprint density at radius 2 is 2.05 bits per heavy atom. The number of likely N-dealkylation sites (tertiary alicyclic amines) is 1. The topological polar surface area (TPSA) is 54.2 Å². The molecule has 106 valence electrons. The van der Waals surface area contributed by atoms with E-state index in [0.29, 0.717) is 18.0 Å². The molecular weight excluding hydrogens is 240 g/mol. The molecule has 1 saturated carbocycles. The summed E-state index contributed by atoms with van der Waals surface area (Å²) in [6.07, 6.45) is 6.74. The van der Waals surface area contributed by atoms with Crippen LogP contribution in [-0.2, 0) is 0 Å². The van der Waals surface area contributed by atoms with Gasteiger partial charge < -0.3 is 9.84 Å². The van der Waals surface area contributed by atoms with E-state index in [9.17, 15) is 0 Å². The van der Waals surface area contributed by atoms with Crippen molar-refractivity contribution in [3.63, 3.8) is 0 Å². The van der Waals surface area contributed by atoms with Crippen LogP contribution in [0.3, 0.4) is 0 Å². The zero-order valence-corrected chi connectivity index (χ0v) is 11.9. The lowest BCUT2D eigenvalue weighted by molar-refractivity contribution is 0.244. The molecule has 1 aromatic rings. The average Bonchev–Trinajstić information content (AvgIpc) is 3.09. The normalized spacial score (nSPS) is 25.5. The first kappa shape index (κ1) is 12.9. The molecule has 1 aliphatic heterocycles. The summed E-state index contributed by atoms with van der Waals surface area (Å²) in [5, 5.41) is 7.38. The van der Waals surface area contributed by atoms with Gasteiger partial charge in [-0.3, -0.25) is 4.90 Å². The molecule has 5 heteroatoms. The largest absolute Gasteiger partial charge is 0.334 e. The highest BCUT2D eigenvalue weighted by atomic mass is 16.5. The standard InChI is InChI=1S/C14H24N4O/c1-10(2)13-16-14(19-17-13)15-11-7-8-18(9-11)12-5-3-4-6-12/h10-12H,3-9H2,1-2H3,(H,15,16,17). The Morgan fingerprint density at radius 3 is 2.74 bits per heavy atom. The molecule has 2 heterocycles. The van der Waals surface area contributed by atoms with Crippen molar-refractivity contribution in [1.29, 1.82) is 0 Å². The van der Waals surface area contributed by atoms with Gasteiger partial charge in [0, 0.05) is 31.1 Å². The summed E-state index contributed by atoms with van der Waals surface area (Å²) in [7, 11) is 0. The highest BCUT2D eigenvalue weighted by Gasteiger charge is 2.30. The number of rotatable bonds is 4. The maximum Gasteiger partial charge on any atom is 0.321 e. The van der Waals surface area contributed by atoms with E-state index >= 15 is 0 Å².